The number of thioether (sulfide) groups is 1. The van der Waals surface area contributed by atoms with Gasteiger partial charge in [0.15, 0.2) is 0 Å². The summed E-state index contributed by atoms with van der Waals surface area (Å²) in [5, 5.41) is 3.56. The lowest BCUT2D eigenvalue weighted by molar-refractivity contribution is 0.425. The SMILES string of the molecule is CCCCC(CC)CNCCSCC. The van der Waals surface area contributed by atoms with Gasteiger partial charge in [0.25, 0.3) is 0 Å². The predicted molar refractivity (Wildman–Crippen MR) is 69.2 cm³/mol. The first kappa shape index (κ1) is 14.3. The normalized spacial score (nSPS) is 13.1. The van der Waals surface area contributed by atoms with E-state index < -0.39 is 0 Å². The molecule has 0 heterocycles. The van der Waals surface area contributed by atoms with Gasteiger partial charge >= 0.3 is 0 Å². The molecule has 0 aliphatic carbocycles. The van der Waals surface area contributed by atoms with E-state index >= 15 is 0 Å². The molecule has 2 heteroatoms. The van der Waals surface area contributed by atoms with Crippen LogP contribution in [0.5, 0.6) is 0 Å². The fourth-order valence-electron chi connectivity index (χ4n) is 1.54. The quantitative estimate of drug-likeness (QED) is 0.562. The topological polar surface area (TPSA) is 12.0 Å². The van der Waals surface area contributed by atoms with E-state index in [0.717, 1.165) is 5.92 Å². The zero-order valence-electron chi connectivity index (χ0n) is 10.1. The first-order valence-electron chi connectivity index (χ1n) is 6.13. The lowest BCUT2D eigenvalue weighted by atomic mass is 9.99. The molecule has 0 aromatic rings. The lowest BCUT2D eigenvalue weighted by Gasteiger charge is -2.14. The molecular formula is C12H27NS. The molecule has 1 unspecified atom stereocenters. The number of hydrogen-bond donors (Lipinski definition) is 1. The van der Waals surface area contributed by atoms with Crippen LogP contribution in [0.1, 0.15) is 46.5 Å². The molecule has 0 aliphatic rings. The summed E-state index contributed by atoms with van der Waals surface area (Å²) < 4.78 is 0. The average Bonchev–Trinajstić information content (AvgIpc) is 2.22. The van der Waals surface area contributed by atoms with Crippen molar-refractivity contribution in [3.63, 3.8) is 0 Å². The van der Waals surface area contributed by atoms with Crippen molar-refractivity contribution in [2.45, 2.75) is 46.5 Å². The van der Waals surface area contributed by atoms with Crippen LogP contribution in [0.25, 0.3) is 0 Å². The number of hydrogen-bond acceptors (Lipinski definition) is 2. The zero-order valence-corrected chi connectivity index (χ0v) is 11.0. The Morgan fingerprint density at radius 2 is 2.00 bits per heavy atom. The van der Waals surface area contributed by atoms with Crippen molar-refractivity contribution in [1.29, 1.82) is 0 Å². The summed E-state index contributed by atoms with van der Waals surface area (Å²) in [5.41, 5.74) is 0. The Morgan fingerprint density at radius 3 is 2.57 bits per heavy atom. The first-order chi connectivity index (χ1) is 6.85. The van der Waals surface area contributed by atoms with Gasteiger partial charge in [-0.2, -0.15) is 11.8 Å². The second-order valence-electron chi connectivity index (χ2n) is 3.82. The van der Waals surface area contributed by atoms with Gasteiger partial charge in [-0.1, -0.05) is 40.0 Å². The molecule has 1 N–H and O–H groups in total. The molecule has 0 aliphatic heterocycles. The Kier molecular flexibility index (Phi) is 11.6. The number of rotatable bonds is 10. The molecule has 0 saturated carbocycles. The van der Waals surface area contributed by atoms with Gasteiger partial charge in [0.05, 0.1) is 0 Å². The molecule has 0 spiro atoms. The van der Waals surface area contributed by atoms with Crippen LogP contribution in [0.4, 0.5) is 0 Å². The van der Waals surface area contributed by atoms with Gasteiger partial charge in [0, 0.05) is 12.3 Å². The summed E-state index contributed by atoms with van der Waals surface area (Å²) in [6.45, 7) is 9.21. The summed E-state index contributed by atoms with van der Waals surface area (Å²) in [6.07, 6.45) is 5.46. The third kappa shape index (κ3) is 8.89. The maximum atomic E-state index is 3.56. The van der Waals surface area contributed by atoms with Crippen LogP contribution >= 0.6 is 11.8 Å². The van der Waals surface area contributed by atoms with Crippen molar-refractivity contribution in [3.8, 4) is 0 Å². The lowest BCUT2D eigenvalue weighted by Crippen LogP contribution is -2.24. The first-order valence-corrected chi connectivity index (χ1v) is 7.29. The van der Waals surface area contributed by atoms with E-state index in [-0.39, 0.29) is 0 Å². The molecule has 86 valence electrons. The van der Waals surface area contributed by atoms with E-state index in [0.29, 0.717) is 0 Å². The molecule has 0 bridgehead atoms. The molecule has 0 radical (unpaired) electrons. The van der Waals surface area contributed by atoms with Crippen molar-refractivity contribution in [2.75, 3.05) is 24.6 Å². The predicted octanol–water partition coefficient (Wildman–Crippen LogP) is 3.55. The molecule has 1 atom stereocenters. The smallest absolute Gasteiger partial charge is 0.00580 e. The van der Waals surface area contributed by atoms with Crippen LogP contribution in [0.15, 0.2) is 0 Å². The summed E-state index contributed by atoms with van der Waals surface area (Å²) in [5.74, 6) is 3.41. The van der Waals surface area contributed by atoms with Crippen molar-refractivity contribution in [1.82, 2.24) is 5.32 Å². The second kappa shape index (κ2) is 11.4. The second-order valence-corrected chi connectivity index (χ2v) is 5.21. The summed E-state index contributed by atoms with van der Waals surface area (Å²) in [4.78, 5) is 0. The van der Waals surface area contributed by atoms with E-state index in [2.05, 4.69) is 26.1 Å². The fraction of sp³-hybridized carbons (Fsp3) is 1.00. The van der Waals surface area contributed by atoms with Gasteiger partial charge in [-0.15, -0.1) is 0 Å². The van der Waals surface area contributed by atoms with E-state index in [1.807, 2.05) is 11.8 Å². The maximum Gasteiger partial charge on any atom is 0.00580 e. The molecule has 0 fully saturated rings. The minimum atomic E-state index is 0.904. The monoisotopic (exact) mass is 217 g/mol. The minimum absolute atomic E-state index is 0.904. The van der Waals surface area contributed by atoms with Gasteiger partial charge in [0.2, 0.25) is 0 Å². The van der Waals surface area contributed by atoms with Crippen molar-refractivity contribution >= 4 is 11.8 Å². The summed E-state index contributed by atoms with van der Waals surface area (Å²) >= 11 is 2.02. The molecule has 14 heavy (non-hydrogen) atoms. The van der Waals surface area contributed by atoms with Crippen LogP contribution in [0, 0.1) is 5.92 Å². The molecule has 0 amide bonds. The maximum absolute atomic E-state index is 3.56. The highest BCUT2D eigenvalue weighted by Gasteiger charge is 2.04. The van der Waals surface area contributed by atoms with E-state index in [4.69, 9.17) is 0 Å². The van der Waals surface area contributed by atoms with Crippen LogP contribution in [0.2, 0.25) is 0 Å². The third-order valence-corrected chi connectivity index (χ3v) is 3.50. The Morgan fingerprint density at radius 1 is 1.21 bits per heavy atom. The molecule has 0 saturated heterocycles. The van der Waals surface area contributed by atoms with E-state index in [9.17, 15) is 0 Å². The summed E-state index contributed by atoms with van der Waals surface area (Å²) in [7, 11) is 0. The molecule has 0 aromatic carbocycles. The third-order valence-electron chi connectivity index (χ3n) is 2.60. The number of unbranched alkanes of at least 4 members (excludes halogenated alkanes) is 1. The van der Waals surface area contributed by atoms with Crippen LogP contribution in [-0.2, 0) is 0 Å². The molecular weight excluding hydrogens is 190 g/mol. The van der Waals surface area contributed by atoms with Gasteiger partial charge in [-0.25, -0.2) is 0 Å². The molecule has 1 nitrogen and oxygen atoms in total. The van der Waals surface area contributed by atoms with Gasteiger partial charge in [0.1, 0.15) is 0 Å². The molecule has 0 rings (SSSR count). The fourth-order valence-corrected chi connectivity index (χ4v) is 2.12. The highest BCUT2D eigenvalue weighted by atomic mass is 32.2. The average molecular weight is 217 g/mol. The highest BCUT2D eigenvalue weighted by molar-refractivity contribution is 7.99. The van der Waals surface area contributed by atoms with Crippen molar-refractivity contribution in [2.24, 2.45) is 5.92 Å². The minimum Gasteiger partial charge on any atom is -0.316 e. The standard InChI is InChI=1S/C12H27NS/c1-4-7-8-12(5-2)11-13-9-10-14-6-3/h12-13H,4-11H2,1-3H3. The summed E-state index contributed by atoms with van der Waals surface area (Å²) in [6, 6.07) is 0. The van der Waals surface area contributed by atoms with Gasteiger partial charge in [-0.3, -0.25) is 0 Å². The largest absolute Gasteiger partial charge is 0.316 e. The Hall–Kier alpha value is 0.310. The zero-order chi connectivity index (χ0) is 10.6. The van der Waals surface area contributed by atoms with Crippen molar-refractivity contribution < 1.29 is 0 Å². The van der Waals surface area contributed by atoms with Gasteiger partial charge in [-0.05, 0) is 24.6 Å². The van der Waals surface area contributed by atoms with Gasteiger partial charge < -0.3 is 5.32 Å². The number of nitrogens with one attached hydrogen (secondary N) is 1. The highest BCUT2D eigenvalue weighted by Crippen LogP contribution is 2.11. The van der Waals surface area contributed by atoms with E-state index in [1.54, 1.807) is 0 Å². The van der Waals surface area contributed by atoms with Crippen LogP contribution in [-0.4, -0.2) is 24.6 Å². The van der Waals surface area contributed by atoms with E-state index in [1.165, 1.54) is 50.3 Å². The Balaban J connectivity index is 3.24. The van der Waals surface area contributed by atoms with Crippen LogP contribution < -0.4 is 5.32 Å². The van der Waals surface area contributed by atoms with Crippen LogP contribution in [0.3, 0.4) is 0 Å². The Labute approximate surface area is 94.4 Å². The van der Waals surface area contributed by atoms with Crippen molar-refractivity contribution in [3.05, 3.63) is 0 Å². The molecule has 0 aromatic heterocycles. The Bertz CT molecular complexity index is 106.